The number of aliphatic hydroxyl groups is 1. The summed E-state index contributed by atoms with van der Waals surface area (Å²) in [5, 5.41) is 10.8. The number of hydrogen-bond donors (Lipinski definition) is 1. The van der Waals surface area contributed by atoms with Gasteiger partial charge in [0.05, 0.1) is 25.7 Å². The van der Waals surface area contributed by atoms with E-state index in [9.17, 15) is 14.7 Å². The van der Waals surface area contributed by atoms with Crippen LogP contribution in [0.15, 0.2) is 47.3 Å². The maximum Gasteiger partial charge on any atom is 0.339 e. The first-order valence-electron chi connectivity index (χ1n) is 12.0. The Bertz CT molecular complexity index is 1060. The van der Waals surface area contributed by atoms with Crippen molar-refractivity contribution in [2.75, 3.05) is 7.11 Å². The van der Waals surface area contributed by atoms with Crippen molar-refractivity contribution >= 4 is 11.9 Å². The number of ether oxygens (including phenoxy) is 3. The van der Waals surface area contributed by atoms with Crippen LogP contribution in [-0.2, 0) is 23.8 Å². The number of carbonyl (C=O) groups is 2. The van der Waals surface area contributed by atoms with Crippen LogP contribution in [0.3, 0.4) is 0 Å². The first-order chi connectivity index (χ1) is 15.9. The molecule has 1 aromatic heterocycles. The lowest BCUT2D eigenvalue weighted by Gasteiger charge is -2.58. The Morgan fingerprint density at radius 3 is 2.65 bits per heavy atom. The van der Waals surface area contributed by atoms with E-state index in [2.05, 4.69) is 20.4 Å². The van der Waals surface area contributed by atoms with E-state index >= 15 is 0 Å². The molecule has 4 aliphatic rings. The predicted molar refractivity (Wildman–Crippen MR) is 122 cm³/mol. The Balaban J connectivity index is 1.56. The fourth-order valence-corrected chi connectivity index (χ4v) is 7.42. The number of cyclic esters (lactones) is 1. The van der Waals surface area contributed by atoms with Crippen molar-refractivity contribution in [1.82, 2.24) is 0 Å². The average molecular weight is 471 g/mol. The fourth-order valence-electron chi connectivity index (χ4n) is 7.42. The fraction of sp³-hybridized carbons (Fsp3) is 0.630. The van der Waals surface area contributed by atoms with Gasteiger partial charge >= 0.3 is 11.9 Å². The first-order valence-corrected chi connectivity index (χ1v) is 12.0. The van der Waals surface area contributed by atoms with E-state index in [0.717, 1.165) is 24.0 Å². The molecule has 1 N–H and O–H groups in total. The molecule has 2 saturated heterocycles. The van der Waals surface area contributed by atoms with Gasteiger partial charge in [0, 0.05) is 17.4 Å². The number of methoxy groups -OCH3 is 1. The minimum absolute atomic E-state index is 0.0563. The van der Waals surface area contributed by atoms with Crippen molar-refractivity contribution in [3.63, 3.8) is 0 Å². The molecule has 0 unspecified atom stereocenters. The number of hydrogen-bond acceptors (Lipinski definition) is 7. The van der Waals surface area contributed by atoms with Gasteiger partial charge in [0.15, 0.2) is 6.10 Å². The summed E-state index contributed by atoms with van der Waals surface area (Å²) in [6.07, 6.45) is 6.93. The van der Waals surface area contributed by atoms with Gasteiger partial charge in [0.25, 0.3) is 0 Å². The lowest BCUT2D eigenvalue weighted by Crippen LogP contribution is -2.58. The molecule has 8 atom stereocenters. The molecule has 184 valence electrons. The van der Waals surface area contributed by atoms with Crippen LogP contribution < -0.4 is 0 Å². The van der Waals surface area contributed by atoms with Crippen molar-refractivity contribution in [2.45, 2.75) is 70.9 Å². The topological polar surface area (TPSA) is 98.5 Å². The molecule has 7 nitrogen and oxygen atoms in total. The van der Waals surface area contributed by atoms with E-state index < -0.39 is 40.2 Å². The molecule has 5 rings (SSSR count). The molecule has 34 heavy (non-hydrogen) atoms. The van der Waals surface area contributed by atoms with Crippen molar-refractivity contribution in [2.24, 2.45) is 28.1 Å². The van der Waals surface area contributed by atoms with E-state index in [1.165, 1.54) is 7.11 Å². The molecule has 0 amide bonds. The van der Waals surface area contributed by atoms with E-state index in [1.54, 1.807) is 12.5 Å². The van der Waals surface area contributed by atoms with Crippen LogP contribution >= 0.6 is 0 Å². The van der Waals surface area contributed by atoms with Gasteiger partial charge in [0.2, 0.25) is 0 Å². The van der Waals surface area contributed by atoms with E-state index in [-0.39, 0.29) is 30.2 Å². The molecule has 3 fully saturated rings. The zero-order chi connectivity index (χ0) is 24.7. The molecule has 7 heteroatoms. The third-order valence-electron chi connectivity index (χ3n) is 9.59. The molecule has 3 heterocycles. The molecule has 0 aromatic carbocycles. The molecule has 1 saturated carbocycles. The molecular weight excluding hydrogens is 436 g/mol. The van der Waals surface area contributed by atoms with Gasteiger partial charge in [-0.15, -0.1) is 0 Å². The summed E-state index contributed by atoms with van der Waals surface area (Å²) < 4.78 is 22.4. The van der Waals surface area contributed by atoms with E-state index in [0.29, 0.717) is 0 Å². The summed E-state index contributed by atoms with van der Waals surface area (Å²) >= 11 is 0. The van der Waals surface area contributed by atoms with Crippen molar-refractivity contribution in [3.8, 4) is 0 Å². The highest BCUT2D eigenvalue weighted by Crippen LogP contribution is 2.72. The second kappa shape index (κ2) is 7.31. The largest absolute Gasteiger partial charge is 0.472 e. The van der Waals surface area contributed by atoms with Crippen LogP contribution in [0.1, 0.15) is 58.6 Å². The molecule has 0 bridgehead atoms. The molecule has 2 aliphatic heterocycles. The van der Waals surface area contributed by atoms with Crippen LogP contribution in [0.25, 0.3) is 0 Å². The zero-order valence-electron chi connectivity index (χ0n) is 20.5. The lowest BCUT2D eigenvalue weighted by molar-refractivity contribution is -0.169. The SMILES string of the molecule is C=C1[C@@H]([C@@]2(C)C=C[C@@H](O)C(C)(C)[C@@H]2CC(=O)OC)CC[C@@]2(C)[C@H](c3ccoc3)OC(=O)[C@H]3O[C@]132. The van der Waals surface area contributed by atoms with Crippen LogP contribution in [0.2, 0.25) is 0 Å². The van der Waals surface area contributed by atoms with Gasteiger partial charge in [-0.05, 0) is 47.1 Å². The van der Waals surface area contributed by atoms with E-state index in [4.69, 9.17) is 18.6 Å². The number of furan rings is 1. The Hall–Kier alpha value is -2.38. The van der Waals surface area contributed by atoms with E-state index in [1.807, 2.05) is 32.1 Å². The first kappa shape index (κ1) is 23.4. The normalized spacial score (nSPS) is 44.6. The quantitative estimate of drug-likeness (QED) is 0.401. The molecule has 1 spiro atoms. The van der Waals surface area contributed by atoms with Crippen LogP contribution in [0.4, 0.5) is 0 Å². The Morgan fingerprint density at radius 1 is 1.26 bits per heavy atom. The maximum absolute atomic E-state index is 12.9. The van der Waals surface area contributed by atoms with Crippen LogP contribution in [0.5, 0.6) is 0 Å². The summed E-state index contributed by atoms with van der Waals surface area (Å²) in [5.74, 6) is -0.943. The Labute approximate surface area is 200 Å². The van der Waals surface area contributed by atoms with Gasteiger partial charge in [-0.25, -0.2) is 4.79 Å². The van der Waals surface area contributed by atoms with Crippen molar-refractivity contribution in [1.29, 1.82) is 0 Å². The van der Waals surface area contributed by atoms with Crippen LogP contribution in [0, 0.1) is 28.1 Å². The summed E-state index contributed by atoms with van der Waals surface area (Å²) in [7, 11) is 1.39. The minimum Gasteiger partial charge on any atom is -0.472 e. The van der Waals surface area contributed by atoms with Crippen LogP contribution in [-0.4, -0.2) is 42.0 Å². The van der Waals surface area contributed by atoms with Crippen molar-refractivity contribution in [3.05, 3.63) is 48.5 Å². The molecule has 1 aromatic rings. The monoisotopic (exact) mass is 470 g/mol. The smallest absolute Gasteiger partial charge is 0.339 e. The van der Waals surface area contributed by atoms with Gasteiger partial charge in [0.1, 0.15) is 11.7 Å². The van der Waals surface area contributed by atoms with Gasteiger partial charge in [-0.3, -0.25) is 4.79 Å². The number of esters is 2. The summed E-state index contributed by atoms with van der Waals surface area (Å²) in [6, 6.07) is 1.83. The minimum atomic E-state index is -0.833. The molecular formula is C27H34O7. The van der Waals surface area contributed by atoms with Crippen molar-refractivity contribution < 1.29 is 33.3 Å². The highest BCUT2D eigenvalue weighted by Gasteiger charge is 2.80. The number of epoxide rings is 1. The van der Waals surface area contributed by atoms with Gasteiger partial charge in [-0.2, -0.15) is 0 Å². The standard InChI is InChI=1S/C27H34O7/c1-15-17(25(4)10-8-19(28)24(2,3)18(25)13-20(29)31-6)7-11-26(5)21(16-9-12-32-14-16)33-23(30)22-27(15,26)34-22/h8-10,12,14,17-19,21-22,28H,1,7,11,13H2,2-6H3/t17-,18-,19+,21-,22+,25+,26-,27+/m0/s1. The lowest BCUT2D eigenvalue weighted by atomic mass is 9.46. The average Bonchev–Trinajstić information content (AvgIpc) is 3.35. The van der Waals surface area contributed by atoms with Gasteiger partial charge in [-0.1, -0.05) is 46.4 Å². The highest BCUT2D eigenvalue weighted by molar-refractivity contribution is 5.83. The zero-order valence-corrected chi connectivity index (χ0v) is 20.5. The second-order valence-corrected chi connectivity index (χ2v) is 11.5. The molecule has 2 aliphatic carbocycles. The number of allylic oxidation sites excluding steroid dienone is 1. The number of carbonyl (C=O) groups excluding carboxylic acids is 2. The third kappa shape index (κ3) is 2.83. The Morgan fingerprint density at radius 2 is 2.00 bits per heavy atom. The summed E-state index contributed by atoms with van der Waals surface area (Å²) in [4.78, 5) is 25.4. The number of aliphatic hydroxyl groups excluding tert-OH is 1. The Kier molecular flexibility index (Phi) is 5.02. The third-order valence-corrected chi connectivity index (χ3v) is 9.59. The van der Waals surface area contributed by atoms with Gasteiger partial charge < -0.3 is 23.7 Å². The molecule has 0 radical (unpaired) electrons. The summed E-state index contributed by atoms with van der Waals surface area (Å²) in [5.41, 5.74) is -0.708. The number of rotatable bonds is 4. The summed E-state index contributed by atoms with van der Waals surface area (Å²) in [6.45, 7) is 12.8. The maximum atomic E-state index is 12.9. The second-order valence-electron chi connectivity index (χ2n) is 11.5. The predicted octanol–water partition coefficient (Wildman–Crippen LogP) is 4.13. The highest BCUT2D eigenvalue weighted by atomic mass is 16.7.